The molecule has 1 N–H and O–H groups in total. The molecule has 0 spiro atoms. The Balaban J connectivity index is 1.91. The van der Waals surface area contributed by atoms with Gasteiger partial charge in [-0.15, -0.1) is 0 Å². The molecular weight excluding hydrogens is 412 g/mol. The average molecular weight is 445 g/mol. The van der Waals surface area contributed by atoms with Crippen molar-refractivity contribution in [2.24, 2.45) is 0 Å². The number of carbonyl (C=O) groups excluding carboxylic acids is 1. The van der Waals surface area contributed by atoms with E-state index >= 15 is 0 Å². The topological polar surface area (TPSA) is 91.3 Å². The molecule has 1 atom stereocenters. The lowest BCUT2D eigenvalue weighted by Crippen LogP contribution is -2.22. The van der Waals surface area contributed by atoms with Crippen molar-refractivity contribution in [3.8, 4) is 17.6 Å². The normalized spacial score (nSPS) is 15.7. The molecule has 32 heavy (non-hydrogen) atoms. The fraction of sp³-hybridized carbons (Fsp3) is 0.520. The third kappa shape index (κ3) is 9.99. The molecule has 1 fully saturated rings. The molecule has 0 amide bonds. The van der Waals surface area contributed by atoms with Crippen LogP contribution in [0.4, 0.5) is 0 Å². The van der Waals surface area contributed by atoms with Crippen LogP contribution in [0.25, 0.3) is 6.08 Å². The van der Waals surface area contributed by atoms with E-state index in [4.69, 9.17) is 19.3 Å². The maximum atomic E-state index is 11.5. The van der Waals surface area contributed by atoms with E-state index in [1.165, 1.54) is 13.2 Å². The summed E-state index contributed by atoms with van der Waals surface area (Å²) in [7, 11) is 1.31. The zero-order chi connectivity index (χ0) is 23.0. The Kier molecular flexibility index (Phi) is 12.0. The van der Waals surface area contributed by atoms with E-state index in [2.05, 4.69) is 16.6 Å². The molecule has 7 heteroatoms. The third-order valence-corrected chi connectivity index (χ3v) is 4.81. The highest BCUT2D eigenvalue weighted by molar-refractivity contribution is 5.88. The van der Waals surface area contributed by atoms with Crippen LogP contribution in [0.3, 0.4) is 0 Å². The molecule has 0 aliphatic carbocycles. The first-order chi connectivity index (χ1) is 15.6. The number of methoxy groups -OCH3 is 1. The van der Waals surface area contributed by atoms with Crippen LogP contribution in [0.2, 0.25) is 0 Å². The first kappa shape index (κ1) is 25.4. The Morgan fingerprint density at radius 3 is 2.84 bits per heavy atom. The summed E-state index contributed by atoms with van der Waals surface area (Å²) in [5, 5.41) is 8.77. The van der Waals surface area contributed by atoms with Crippen LogP contribution in [0.1, 0.15) is 62.5 Å². The Morgan fingerprint density at radius 2 is 2.09 bits per heavy atom. The number of carbonyl (C=O) groups is 2. The standard InChI is InChI=1S/C25H32O7/c1-29-24(28)16-15-21-20(11-8-12-22(21)30-19-9-13-23(26)27)10-4-2-3-6-17-31-25-14-5-7-18-32-25/h8,11-12,15-16,25H,2-3,5-7,9,13-14,17-19H2,1H3,(H,26,27)/b16-15+. The van der Waals surface area contributed by atoms with Crippen LogP contribution in [-0.4, -0.2) is 50.3 Å². The number of benzene rings is 1. The second kappa shape index (κ2) is 15.1. The number of rotatable bonds is 12. The molecule has 1 unspecified atom stereocenters. The van der Waals surface area contributed by atoms with Crippen molar-refractivity contribution in [1.82, 2.24) is 0 Å². The summed E-state index contributed by atoms with van der Waals surface area (Å²) in [4.78, 5) is 22.2. The number of carboxylic acids is 1. The van der Waals surface area contributed by atoms with Crippen LogP contribution >= 0.6 is 0 Å². The zero-order valence-electron chi connectivity index (χ0n) is 18.6. The van der Waals surface area contributed by atoms with Crippen molar-refractivity contribution >= 4 is 18.0 Å². The van der Waals surface area contributed by atoms with Crippen molar-refractivity contribution in [2.75, 3.05) is 26.9 Å². The monoisotopic (exact) mass is 444 g/mol. The fourth-order valence-electron chi connectivity index (χ4n) is 3.11. The van der Waals surface area contributed by atoms with Gasteiger partial charge in [-0.05, 0) is 56.7 Å². The van der Waals surface area contributed by atoms with Gasteiger partial charge in [-0.2, -0.15) is 0 Å². The van der Waals surface area contributed by atoms with Crippen molar-refractivity contribution in [1.29, 1.82) is 0 Å². The fourth-order valence-corrected chi connectivity index (χ4v) is 3.11. The Bertz CT molecular complexity index is 813. The van der Waals surface area contributed by atoms with Crippen LogP contribution in [0.5, 0.6) is 5.75 Å². The van der Waals surface area contributed by atoms with Gasteiger partial charge in [0.2, 0.25) is 0 Å². The molecule has 174 valence electrons. The maximum Gasteiger partial charge on any atom is 0.330 e. The number of carboxylic acid groups (broad SMARTS) is 1. The van der Waals surface area contributed by atoms with Gasteiger partial charge in [-0.3, -0.25) is 4.79 Å². The van der Waals surface area contributed by atoms with Crippen molar-refractivity contribution in [3.63, 3.8) is 0 Å². The van der Waals surface area contributed by atoms with Crippen molar-refractivity contribution in [3.05, 3.63) is 35.4 Å². The Hall–Kier alpha value is -2.82. The van der Waals surface area contributed by atoms with Gasteiger partial charge in [0.05, 0.1) is 13.7 Å². The SMILES string of the molecule is COC(=O)/C=C/c1c(C#CCCCCOC2CCCCO2)cccc1OCCCC(=O)O. The van der Waals surface area contributed by atoms with Gasteiger partial charge in [0.15, 0.2) is 6.29 Å². The molecule has 0 aromatic heterocycles. The minimum Gasteiger partial charge on any atom is -0.493 e. The second-order valence-electron chi connectivity index (χ2n) is 7.35. The number of aliphatic carboxylic acids is 1. The molecule has 1 aliphatic heterocycles. The van der Waals surface area contributed by atoms with Gasteiger partial charge >= 0.3 is 11.9 Å². The van der Waals surface area contributed by atoms with Crippen LogP contribution in [0, 0.1) is 11.8 Å². The van der Waals surface area contributed by atoms with Crippen molar-refractivity contribution in [2.45, 2.75) is 57.7 Å². The summed E-state index contributed by atoms with van der Waals surface area (Å²) in [5.41, 5.74) is 1.39. The minimum absolute atomic E-state index is 0.0312. The summed E-state index contributed by atoms with van der Waals surface area (Å²) in [5.74, 6) is 5.52. The number of esters is 1. The average Bonchev–Trinajstić information content (AvgIpc) is 2.80. The van der Waals surface area contributed by atoms with E-state index in [0.29, 0.717) is 24.3 Å². The molecule has 0 saturated carbocycles. The van der Waals surface area contributed by atoms with E-state index in [0.717, 1.165) is 50.7 Å². The minimum atomic E-state index is -0.865. The number of ether oxygens (including phenoxy) is 4. The second-order valence-corrected chi connectivity index (χ2v) is 7.35. The van der Waals surface area contributed by atoms with Gasteiger partial charge in [-0.1, -0.05) is 17.9 Å². The summed E-state index contributed by atoms with van der Waals surface area (Å²) >= 11 is 0. The number of hydrogen-bond donors (Lipinski definition) is 1. The van der Waals surface area contributed by atoms with E-state index < -0.39 is 11.9 Å². The predicted octanol–water partition coefficient (Wildman–Crippen LogP) is 4.18. The predicted molar refractivity (Wildman–Crippen MR) is 120 cm³/mol. The number of hydrogen-bond acceptors (Lipinski definition) is 6. The molecular formula is C25H32O7. The molecule has 1 saturated heterocycles. The first-order valence-electron chi connectivity index (χ1n) is 11.1. The molecule has 0 radical (unpaired) electrons. The Labute approximate surface area is 189 Å². The van der Waals surface area contributed by atoms with Crippen LogP contribution in [0.15, 0.2) is 24.3 Å². The molecule has 1 aliphatic rings. The lowest BCUT2D eigenvalue weighted by Gasteiger charge is -2.22. The lowest BCUT2D eigenvalue weighted by atomic mass is 10.1. The molecule has 0 bridgehead atoms. The molecule has 2 rings (SSSR count). The lowest BCUT2D eigenvalue weighted by molar-refractivity contribution is -0.162. The molecule has 1 aromatic rings. The molecule has 1 heterocycles. The highest BCUT2D eigenvalue weighted by Gasteiger charge is 2.13. The number of unbranched alkanes of at least 4 members (excludes halogenated alkanes) is 2. The van der Waals surface area contributed by atoms with E-state index in [1.54, 1.807) is 12.1 Å². The maximum absolute atomic E-state index is 11.5. The van der Waals surface area contributed by atoms with Gasteiger partial charge in [-0.25, -0.2) is 4.79 Å². The third-order valence-electron chi connectivity index (χ3n) is 4.81. The van der Waals surface area contributed by atoms with Gasteiger partial charge in [0.1, 0.15) is 5.75 Å². The van der Waals surface area contributed by atoms with Crippen LogP contribution in [-0.2, 0) is 23.8 Å². The van der Waals surface area contributed by atoms with Gasteiger partial charge in [0, 0.05) is 43.3 Å². The Morgan fingerprint density at radius 1 is 1.22 bits per heavy atom. The summed E-state index contributed by atoms with van der Waals surface area (Å²) < 4.78 is 21.7. The summed E-state index contributed by atoms with van der Waals surface area (Å²) in [6.45, 7) is 1.71. The molecule has 7 nitrogen and oxygen atoms in total. The first-order valence-corrected chi connectivity index (χ1v) is 11.1. The van der Waals surface area contributed by atoms with Gasteiger partial charge in [0.25, 0.3) is 0 Å². The van der Waals surface area contributed by atoms with Crippen molar-refractivity contribution < 1.29 is 33.6 Å². The summed E-state index contributed by atoms with van der Waals surface area (Å²) in [6, 6.07) is 5.45. The highest BCUT2D eigenvalue weighted by Crippen LogP contribution is 2.24. The molecule has 1 aromatic carbocycles. The summed E-state index contributed by atoms with van der Waals surface area (Å²) in [6.07, 6.45) is 9.08. The zero-order valence-corrected chi connectivity index (χ0v) is 18.6. The van der Waals surface area contributed by atoms with Gasteiger partial charge < -0.3 is 24.1 Å². The highest BCUT2D eigenvalue weighted by atomic mass is 16.7. The van der Waals surface area contributed by atoms with Crippen LogP contribution < -0.4 is 4.74 Å². The van der Waals surface area contributed by atoms with E-state index in [1.807, 2.05) is 12.1 Å². The van der Waals surface area contributed by atoms with E-state index in [9.17, 15) is 9.59 Å². The van der Waals surface area contributed by atoms with E-state index in [-0.39, 0.29) is 19.3 Å². The smallest absolute Gasteiger partial charge is 0.330 e. The largest absolute Gasteiger partial charge is 0.493 e. The quantitative estimate of drug-likeness (QED) is 0.224.